The van der Waals surface area contributed by atoms with E-state index in [9.17, 15) is 4.79 Å². The summed E-state index contributed by atoms with van der Waals surface area (Å²) in [6, 6.07) is 0. The highest BCUT2D eigenvalue weighted by molar-refractivity contribution is 5.84. The molecule has 3 nitrogen and oxygen atoms in total. The predicted molar refractivity (Wildman–Crippen MR) is 63.2 cm³/mol. The fraction of sp³-hybridized carbons (Fsp3) is 0.923. The van der Waals surface area contributed by atoms with Crippen molar-refractivity contribution in [2.24, 2.45) is 5.41 Å². The van der Waals surface area contributed by atoms with Gasteiger partial charge < -0.3 is 9.47 Å². The lowest BCUT2D eigenvalue weighted by molar-refractivity contribution is -0.149. The second kappa shape index (κ2) is 4.02. The summed E-state index contributed by atoms with van der Waals surface area (Å²) in [7, 11) is 0. The third kappa shape index (κ3) is 2.24. The van der Waals surface area contributed by atoms with E-state index in [0.717, 1.165) is 6.42 Å². The van der Waals surface area contributed by atoms with Crippen LogP contribution in [0.3, 0.4) is 0 Å². The summed E-state index contributed by atoms with van der Waals surface area (Å²) in [6.45, 7) is 12.7. The molecular weight excluding hydrogens is 204 g/mol. The molecule has 2 atom stereocenters. The molecule has 1 aliphatic heterocycles. The Morgan fingerprint density at radius 1 is 1.31 bits per heavy atom. The molecule has 1 saturated heterocycles. The Hall–Kier alpha value is -0.570. The average molecular weight is 228 g/mol. The molecule has 3 heteroatoms. The summed E-state index contributed by atoms with van der Waals surface area (Å²) in [4.78, 5) is 11.9. The zero-order valence-electron chi connectivity index (χ0n) is 11.3. The Kier molecular flexibility index (Phi) is 3.39. The van der Waals surface area contributed by atoms with Crippen molar-refractivity contribution >= 4 is 5.97 Å². The van der Waals surface area contributed by atoms with Gasteiger partial charge >= 0.3 is 5.97 Å². The van der Waals surface area contributed by atoms with Crippen molar-refractivity contribution in [3.05, 3.63) is 0 Å². The molecule has 0 aromatic carbocycles. The van der Waals surface area contributed by atoms with E-state index in [1.165, 1.54) is 0 Å². The first-order chi connectivity index (χ1) is 7.21. The molecular formula is C13H24O3. The molecule has 2 unspecified atom stereocenters. The van der Waals surface area contributed by atoms with Crippen molar-refractivity contribution in [1.82, 2.24) is 0 Å². The Balaban J connectivity index is 2.77. The lowest BCUT2D eigenvalue weighted by Gasteiger charge is -2.23. The van der Waals surface area contributed by atoms with Gasteiger partial charge in [-0.1, -0.05) is 27.7 Å². The smallest absolute Gasteiger partial charge is 0.341 e. The molecule has 1 rings (SSSR count). The summed E-state index contributed by atoms with van der Waals surface area (Å²) in [6.07, 6.45) is 1.55. The SMILES string of the molecule is CCOC(=O)C1(CC)OC1(C)CC(C)(C)C. The van der Waals surface area contributed by atoms with Gasteiger partial charge in [0.2, 0.25) is 0 Å². The summed E-state index contributed by atoms with van der Waals surface area (Å²) in [5.41, 5.74) is -0.902. The first kappa shape index (κ1) is 13.5. The number of hydrogen-bond donors (Lipinski definition) is 0. The lowest BCUT2D eigenvalue weighted by atomic mass is 9.78. The van der Waals surface area contributed by atoms with Gasteiger partial charge in [-0.25, -0.2) is 4.79 Å². The molecule has 0 aliphatic carbocycles. The van der Waals surface area contributed by atoms with Crippen LogP contribution in [0.2, 0.25) is 0 Å². The van der Waals surface area contributed by atoms with Crippen LogP contribution in [0.5, 0.6) is 0 Å². The minimum absolute atomic E-state index is 0.151. The van der Waals surface area contributed by atoms with E-state index in [4.69, 9.17) is 9.47 Å². The molecule has 0 radical (unpaired) electrons. The monoisotopic (exact) mass is 228 g/mol. The van der Waals surface area contributed by atoms with Gasteiger partial charge in [-0.15, -0.1) is 0 Å². The van der Waals surface area contributed by atoms with Crippen LogP contribution in [0, 0.1) is 5.41 Å². The van der Waals surface area contributed by atoms with Crippen molar-refractivity contribution in [2.75, 3.05) is 6.61 Å². The number of ether oxygens (including phenoxy) is 2. The minimum Gasteiger partial charge on any atom is -0.464 e. The van der Waals surface area contributed by atoms with Gasteiger partial charge in [0.1, 0.15) is 5.60 Å². The number of carbonyl (C=O) groups is 1. The molecule has 0 saturated carbocycles. The van der Waals surface area contributed by atoms with Crippen LogP contribution < -0.4 is 0 Å². The van der Waals surface area contributed by atoms with Gasteiger partial charge in [0.25, 0.3) is 0 Å². The number of epoxide rings is 1. The Bertz CT molecular complexity index is 279. The van der Waals surface area contributed by atoms with Crippen LogP contribution in [0.1, 0.15) is 54.4 Å². The highest BCUT2D eigenvalue weighted by Gasteiger charge is 2.72. The highest BCUT2D eigenvalue weighted by Crippen LogP contribution is 2.56. The summed E-state index contributed by atoms with van der Waals surface area (Å²) in [5, 5.41) is 0. The van der Waals surface area contributed by atoms with Crippen LogP contribution >= 0.6 is 0 Å². The van der Waals surface area contributed by atoms with Gasteiger partial charge in [0.15, 0.2) is 5.60 Å². The molecule has 0 amide bonds. The van der Waals surface area contributed by atoms with E-state index in [2.05, 4.69) is 20.8 Å². The summed E-state index contributed by atoms with van der Waals surface area (Å²) >= 11 is 0. The van der Waals surface area contributed by atoms with Gasteiger partial charge in [-0.05, 0) is 32.1 Å². The molecule has 0 aromatic heterocycles. The molecule has 1 aliphatic rings. The molecule has 94 valence electrons. The maximum absolute atomic E-state index is 11.9. The first-order valence-corrected chi connectivity index (χ1v) is 6.08. The fourth-order valence-corrected chi connectivity index (χ4v) is 2.65. The molecule has 0 aromatic rings. The largest absolute Gasteiger partial charge is 0.464 e. The van der Waals surface area contributed by atoms with Crippen LogP contribution in [0.25, 0.3) is 0 Å². The van der Waals surface area contributed by atoms with Crippen LogP contribution in [0.4, 0.5) is 0 Å². The second-order valence-electron chi connectivity index (χ2n) is 5.97. The zero-order chi connectivity index (χ0) is 12.6. The normalized spacial score (nSPS) is 33.6. The predicted octanol–water partition coefficient (Wildman–Crippen LogP) is 2.92. The molecule has 1 heterocycles. The molecule has 0 spiro atoms. The van der Waals surface area contributed by atoms with Crippen molar-refractivity contribution in [1.29, 1.82) is 0 Å². The number of hydrogen-bond acceptors (Lipinski definition) is 3. The third-order valence-corrected chi connectivity index (χ3v) is 3.18. The van der Waals surface area contributed by atoms with Crippen molar-refractivity contribution in [3.8, 4) is 0 Å². The standard InChI is InChI=1S/C13H24O3/c1-7-13(10(14)15-8-2)12(6,16-13)9-11(3,4)5/h7-9H2,1-6H3. The van der Waals surface area contributed by atoms with E-state index in [0.29, 0.717) is 13.0 Å². The van der Waals surface area contributed by atoms with E-state index < -0.39 is 5.60 Å². The average Bonchev–Trinajstić information content (AvgIpc) is 2.69. The minimum atomic E-state index is -0.698. The maximum Gasteiger partial charge on any atom is 0.341 e. The van der Waals surface area contributed by atoms with E-state index in [1.54, 1.807) is 0 Å². The van der Waals surface area contributed by atoms with Gasteiger partial charge in [-0.2, -0.15) is 0 Å². The van der Waals surface area contributed by atoms with Crippen molar-refractivity contribution < 1.29 is 14.3 Å². The maximum atomic E-state index is 11.9. The molecule has 0 bridgehead atoms. The topological polar surface area (TPSA) is 38.8 Å². The van der Waals surface area contributed by atoms with Crippen molar-refractivity contribution in [3.63, 3.8) is 0 Å². The number of esters is 1. The van der Waals surface area contributed by atoms with Gasteiger partial charge in [0.05, 0.1) is 6.61 Å². The first-order valence-electron chi connectivity index (χ1n) is 6.08. The molecule has 16 heavy (non-hydrogen) atoms. The molecule has 0 N–H and O–H groups in total. The van der Waals surface area contributed by atoms with E-state index >= 15 is 0 Å². The van der Waals surface area contributed by atoms with Crippen LogP contribution in [-0.2, 0) is 14.3 Å². The Labute approximate surface area is 98.5 Å². The Morgan fingerprint density at radius 2 is 1.88 bits per heavy atom. The lowest BCUT2D eigenvalue weighted by Crippen LogP contribution is -2.36. The highest BCUT2D eigenvalue weighted by atomic mass is 16.7. The van der Waals surface area contributed by atoms with Crippen molar-refractivity contribution in [2.45, 2.75) is 65.6 Å². The molecule has 1 fully saturated rings. The second-order valence-corrected chi connectivity index (χ2v) is 5.97. The quantitative estimate of drug-likeness (QED) is 0.548. The third-order valence-electron chi connectivity index (χ3n) is 3.18. The number of carbonyl (C=O) groups excluding carboxylic acids is 1. The van der Waals surface area contributed by atoms with E-state index in [1.807, 2.05) is 20.8 Å². The van der Waals surface area contributed by atoms with Gasteiger partial charge in [-0.3, -0.25) is 0 Å². The van der Waals surface area contributed by atoms with E-state index in [-0.39, 0.29) is 17.0 Å². The zero-order valence-corrected chi connectivity index (χ0v) is 11.3. The fourth-order valence-electron chi connectivity index (χ4n) is 2.65. The van der Waals surface area contributed by atoms with Gasteiger partial charge in [0, 0.05) is 0 Å². The van der Waals surface area contributed by atoms with Crippen LogP contribution in [0.15, 0.2) is 0 Å². The number of rotatable bonds is 4. The summed E-state index contributed by atoms with van der Waals surface area (Å²) in [5.74, 6) is -0.204. The van der Waals surface area contributed by atoms with Crippen LogP contribution in [-0.4, -0.2) is 23.8 Å². The Morgan fingerprint density at radius 3 is 2.25 bits per heavy atom. The summed E-state index contributed by atoms with van der Waals surface area (Å²) < 4.78 is 10.9.